The van der Waals surface area contributed by atoms with Crippen LogP contribution >= 0.6 is 34.0 Å². The highest BCUT2D eigenvalue weighted by atomic mass is 32.1. The summed E-state index contributed by atoms with van der Waals surface area (Å²) in [5.74, 6) is 0. The molecule has 0 aliphatic rings. The number of nitriles is 1. The highest BCUT2D eigenvalue weighted by Gasteiger charge is 2.35. The largest absolute Gasteiger partial charge is 0.455 e. The third-order valence-electron chi connectivity index (χ3n) is 17.5. The summed E-state index contributed by atoms with van der Waals surface area (Å²) in [5.41, 5.74) is 11.2. The molecule has 0 spiro atoms. The van der Waals surface area contributed by atoms with Crippen molar-refractivity contribution >= 4 is 188 Å². The fourth-order valence-electron chi connectivity index (χ4n) is 14.2. The highest BCUT2D eigenvalue weighted by Crippen LogP contribution is 2.56. The van der Waals surface area contributed by atoms with Gasteiger partial charge < -0.3 is 18.1 Å². The summed E-state index contributed by atoms with van der Waals surface area (Å²) in [5, 5.41) is 28.2. The maximum Gasteiger partial charge on any atom is 0.232 e. The van der Waals surface area contributed by atoms with E-state index in [0.29, 0.717) is 17.0 Å². The summed E-state index contributed by atoms with van der Waals surface area (Å²) in [6.07, 6.45) is 0. The molecule has 0 aliphatic carbocycles. The zero-order valence-corrected chi connectivity index (χ0v) is 46.2. The highest BCUT2D eigenvalue weighted by molar-refractivity contribution is 7.27. The first kappa shape index (κ1) is 45.2. The molecule has 7 heterocycles. The number of para-hydroxylation sites is 5. The second-order valence-corrected chi connectivity index (χ2v) is 24.7. The number of rotatable bonds is 4. The van der Waals surface area contributed by atoms with Gasteiger partial charge in [0.2, 0.25) is 5.69 Å². The predicted molar refractivity (Wildman–Crippen MR) is 352 cm³/mol. The van der Waals surface area contributed by atoms with Crippen LogP contribution in [0, 0.1) is 17.9 Å². The van der Waals surface area contributed by atoms with Crippen molar-refractivity contribution in [1.82, 2.24) is 13.7 Å². The number of thiophene rings is 3. The Morgan fingerprint density at radius 2 is 0.759 bits per heavy atom. The molecule has 0 saturated heterocycles. The Morgan fingerprint density at radius 1 is 0.361 bits per heavy atom. The molecule has 0 saturated carbocycles. The van der Waals surface area contributed by atoms with E-state index in [1.165, 1.54) is 60.5 Å². The standard InChI is InChI=1S/C74H37N5OS3/c1-76-67-52(39-75)68(77-53-26-9-2-21-48(53)63-56(77)36-33-45-41-18-6-13-30-60(41)81-72(45)63)66(51-25-16-24-44-40-17-5-12-29-59(40)80-71(44)51)69(78-54-27-10-3-22-49(54)64-57(78)37-34-46-42-19-7-14-31-61(42)82-73(46)64)70(67)79-55-28-11-4-23-50(55)65-58(79)38-35-47-43-20-8-15-32-62(43)83-74(47)65/h2-38H. The number of aromatic nitrogens is 3. The topological polar surface area (TPSA) is 56.1 Å². The summed E-state index contributed by atoms with van der Waals surface area (Å²) >= 11 is 5.42. The smallest absolute Gasteiger partial charge is 0.232 e. The van der Waals surface area contributed by atoms with Crippen LogP contribution in [0.5, 0.6) is 0 Å². The first-order valence-corrected chi connectivity index (χ1v) is 30.0. The average Bonchev–Trinajstić information content (AvgIpc) is 2.04. The number of benzene rings is 12. The van der Waals surface area contributed by atoms with Crippen LogP contribution in [-0.2, 0) is 0 Å². The average molecular weight is 1110 g/mol. The van der Waals surface area contributed by atoms with E-state index >= 15 is 0 Å². The summed E-state index contributed by atoms with van der Waals surface area (Å²) in [6, 6.07) is 83.0. The van der Waals surface area contributed by atoms with Gasteiger partial charge in [0.25, 0.3) is 0 Å². The first-order valence-electron chi connectivity index (χ1n) is 27.6. The van der Waals surface area contributed by atoms with Gasteiger partial charge in [0.15, 0.2) is 0 Å². The number of hydrogen-bond acceptors (Lipinski definition) is 5. The van der Waals surface area contributed by atoms with Crippen LogP contribution in [0.4, 0.5) is 5.69 Å². The number of hydrogen-bond donors (Lipinski definition) is 0. The molecular formula is C74H37N5OS3. The van der Waals surface area contributed by atoms with E-state index < -0.39 is 0 Å². The molecule has 0 atom stereocenters. The SMILES string of the molecule is [C-]#[N+]c1c(C#N)c(-n2c3ccccc3c3c4sc5ccccc5c4ccc32)c(-c2cccc3c2oc2ccccc23)c(-n2c3ccccc3c3c4sc5ccccc5c4ccc32)c1-n1c2ccccc2c2c3sc4ccccc4c3ccc21. The number of furan rings is 1. The minimum Gasteiger partial charge on any atom is -0.455 e. The summed E-state index contributed by atoms with van der Waals surface area (Å²) in [4.78, 5) is 4.72. The van der Waals surface area contributed by atoms with E-state index in [2.05, 4.69) is 232 Å². The van der Waals surface area contributed by atoms with Gasteiger partial charge in [-0.05, 0) is 60.7 Å². The van der Waals surface area contributed by atoms with Gasteiger partial charge in [-0.3, -0.25) is 0 Å². The van der Waals surface area contributed by atoms with Gasteiger partial charge in [0, 0.05) is 115 Å². The van der Waals surface area contributed by atoms with Crippen molar-refractivity contribution in [2.24, 2.45) is 0 Å². The lowest BCUT2D eigenvalue weighted by Crippen LogP contribution is -2.12. The van der Waals surface area contributed by atoms with Crippen LogP contribution in [0.2, 0.25) is 0 Å². The van der Waals surface area contributed by atoms with Gasteiger partial charge in [-0.15, -0.1) is 34.0 Å². The first-order chi connectivity index (χ1) is 41.1. The molecule has 83 heavy (non-hydrogen) atoms. The van der Waals surface area contributed by atoms with Crippen molar-refractivity contribution in [2.75, 3.05) is 0 Å². The molecule has 0 radical (unpaired) electrons. The Kier molecular flexibility index (Phi) is 9.02. The lowest BCUT2D eigenvalue weighted by Gasteiger charge is -2.27. The van der Waals surface area contributed by atoms with E-state index in [0.717, 1.165) is 98.6 Å². The van der Waals surface area contributed by atoms with Crippen molar-refractivity contribution in [1.29, 1.82) is 5.26 Å². The zero-order valence-electron chi connectivity index (χ0n) is 43.7. The Balaban J connectivity index is 1.11. The van der Waals surface area contributed by atoms with Gasteiger partial charge >= 0.3 is 0 Å². The molecular weight excluding hydrogens is 1070 g/mol. The van der Waals surface area contributed by atoms with Crippen LogP contribution in [0.1, 0.15) is 5.56 Å². The van der Waals surface area contributed by atoms with Crippen LogP contribution in [-0.4, -0.2) is 13.7 Å². The van der Waals surface area contributed by atoms with Crippen molar-refractivity contribution in [2.45, 2.75) is 0 Å². The third-order valence-corrected chi connectivity index (χ3v) is 21.1. The van der Waals surface area contributed by atoms with Crippen LogP contribution in [0.25, 0.3) is 181 Å². The number of fused-ring (bicyclic) bond motifs is 24. The monoisotopic (exact) mass is 1110 g/mol. The van der Waals surface area contributed by atoms with Crippen molar-refractivity contribution in [3.8, 4) is 34.3 Å². The molecule has 9 heteroatoms. The van der Waals surface area contributed by atoms with Crippen LogP contribution < -0.4 is 0 Å². The molecule has 0 aliphatic heterocycles. The van der Waals surface area contributed by atoms with Crippen LogP contribution in [0.15, 0.2) is 229 Å². The van der Waals surface area contributed by atoms with Gasteiger partial charge in [-0.2, -0.15) is 5.26 Å². The van der Waals surface area contributed by atoms with E-state index in [-0.39, 0.29) is 11.3 Å². The fourth-order valence-corrected chi connectivity index (χ4v) is 18.0. The predicted octanol–water partition coefficient (Wildman–Crippen LogP) is 22.1. The number of nitrogens with zero attached hydrogens (tertiary/aromatic N) is 5. The Bertz CT molecular complexity index is 6240. The fraction of sp³-hybridized carbons (Fsp3) is 0. The molecule has 382 valence electrons. The molecule has 0 fully saturated rings. The van der Waals surface area contributed by atoms with Gasteiger partial charge in [-0.1, -0.05) is 164 Å². The molecule has 6 nitrogen and oxygen atoms in total. The summed E-state index contributed by atoms with van der Waals surface area (Å²) < 4.78 is 21.5. The van der Waals surface area contributed by atoms with Crippen molar-refractivity contribution in [3.05, 3.63) is 241 Å². The van der Waals surface area contributed by atoms with Gasteiger partial charge in [0.05, 0.1) is 68.4 Å². The summed E-state index contributed by atoms with van der Waals surface area (Å²) in [7, 11) is 0. The van der Waals surface area contributed by atoms with Crippen LogP contribution in [0.3, 0.4) is 0 Å². The minimum atomic E-state index is 0.250. The molecule has 0 N–H and O–H groups in total. The quantitative estimate of drug-likeness (QED) is 0.165. The van der Waals surface area contributed by atoms with E-state index in [9.17, 15) is 11.8 Å². The maximum absolute atomic E-state index is 12.5. The second-order valence-electron chi connectivity index (χ2n) is 21.5. The van der Waals surface area contributed by atoms with E-state index in [1.54, 1.807) is 22.7 Å². The lowest BCUT2D eigenvalue weighted by molar-refractivity contribution is 0.670. The van der Waals surface area contributed by atoms with Crippen molar-refractivity contribution in [3.63, 3.8) is 0 Å². The van der Waals surface area contributed by atoms with Crippen molar-refractivity contribution < 1.29 is 4.42 Å². The Morgan fingerprint density at radius 3 is 1.23 bits per heavy atom. The molecule has 7 aromatic heterocycles. The van der Waals surface area contributed by atoms with E-state index in [4.69, 9.17) is 9.26 Å². The molecule has 0 amide bonds. The Labute approximate surface area is 483 Å². The molecule has 0 unspecified atom stereocenters. The lowest BCUT2D eigenvalue weighted by atomic mass is 9.92. The van der Waals surface area contributed by atoms with E-state index in [1.807, 2.05) is 23.5 Å². The molecule has 12 aromatic carbocycles. The maximum atomic E-state index is 12.5. The van der Waals surface area contributed by atoms with Gasteiger partial charge in [0.1, 0.15) is 11.2 Å². The normalized spacial score (nSPS) is 12.3. The summed E-state index contributed by atoms with van der Waals surface area (Å²) in [6.45, 7) is 9.80. The Hall–Kier alpha value is -10.5. The second kappa shape index (κ2) is 16.5. The van der Waals surface area contributed by atoms with Gasteiger partial charge in [-0.25, -0.2) is 4.85 Å². The molecule has 19 aromatic rings. The molecule has 0 bridgehead atoms. The third kappa shape index (κ3) is 5.82. The minimum absolute atomic E-state index is 0.250. The zero-order chi connectivity index (χ0) is 54.3. The molecule has 19 rings (SSSR count).